The van der Waals surface area contributed by atoms with Crippen LogP contribution in [0.15, 0.2) is 10.6 Å². The minimum atomic E-state index is 0.0496. The Balaban J connectivity index is 1.44. The van der Waals surface area contributed by atoms with E-state index >= 15 is 0 Å². The first-order chi connectivity index (χ1) is 9.81. The van der Waals surface area contributed by atoms with Crippen LogP contribution in [-0.4, -0.2) is 42.1 Å². The predicted molar refractivity (Wildman–Crippen MR) is 73.5 cm³/mol. The van der Waals surface area contributed by atoms with Crippen molar-refractivity contribution in [3.05, 3.63) is 17.5 Å². The van der Waals surface area contributed by atoms with Crippen LogP contribution < -0.4 is 5.32 Å². The van der Waals surface area contributed by atoms with E-state index in [-0.39, 0.29) is 5.91 Å². The summed E-state index contributed by atoms with van der Waals surface area (Å²) < 4.78 is 5.30. The first-order valence-corrected chi connectivity index (χ1v) is 7.78. The van der Waals surface area contributed by atoms with Crippen molar-refractivity contribution in [2.45, 2.75) is 31.6 Å². The molecule has 20 heavy (non-hydrogen) atoms. The van der Waals surface area contributed by atoms with Gasteiger partial charge in [0.2, 0.25) is 0 Å². The van der Waals surface area contributed by atoms with Gasteiger partial charge in [-0.15, -0.1) is 0 Å². The lowest BCUT2D eigenvalue weighted by Crippen LogP contribution is -2.33. The monoisotopic (exact) mass is 275 g/mol. The molecule has 2 saturated heterocycles. The fraction of sp³-hybridized carbons (Fsp3) is 0.733. The van der Waals surface area contributed by atoms with Crippen molar-refractivity contribution < 1.29 is 9.32 Å². The van der Waals surface area contributed by atoms with Gasteiger partial charge in [0.25, 0.3) is 5.91 Å². The molecule has 3 fully saturated rings. The van der Waals surface area contributed by atoms with Gasteiger partial charge in [0.1, 0.15) is 5.76 Å². The van der Waals surface area contributed by atoms with Crippen LogP contribution in [0.25, 0.3) is 0 Å². The molecule has 0 aromatic carbocycles. The van der Waals surface area contributed by atoms with Crippen molar-refractivity contribution in [3.63, 3.8) is 0 Å². The van der Waals surface area contributed by atoms with Crippen LogP contribution in [-0.2, 0) is 0 Å². The van der Waals surface area contributed by atoms with E-state index in [9.17, 15) is 4.79 Å². The highest BCUT2D eigenvalue weighted by atomic mass is 16.5. The number of carbonyl (C=O) groups is 1. The Morgan fingerprint density at radius 1 is 1.20 bits per heavy atom. The van der Waals surface area contributed by atoms with Crippen LogP contribution in [0.2, 0.25) is 0 Å². The van der Waals surface area contributed by atoms with E-state index in [4.69, 9.17) is 4.52 Å². The van der Waals surface area contributed by atoms with Gasteiger partial charge in [-0.3, -0.25) is 4.79 Å². The molecule has 3 heterocycles. The van der Waals surface area contributed by atoms with Crippen molar-refractivity contribution in [2.75, 3.05) is 26.2 Å². The van der Waals surface area contributed by atoms with Crippen LogP contribution in [0.1, 0.15) is 47.8 Å². The highest BCUT2D eigenvalue weighted by molar-refractivity contribution is 5.92. The van der Waals surface area contributed by atoms with E-state index in [0.717, 1.165) is 56.6 Å². The SMILES string of the molecule is O=C(c1cc(C2CC2)on1)N1CC[C@@H]2CNC[C@@H]2CC1. The molecular formula is C15H21N3O2. The molecule has 108 valence electrons. The summed E-state index contributed by atoms with van der Waals surface area (Å²) >= 11 is 0. The zero-order valence-corrected chi connectivity index (χ0v) is 11.7. The molecule has 5 nitrogen and oxygen atoms in total. The number of nitrogens with one attached hydrogen (secondary N) is 1. The molecule has 1 amide bonds. The van der Waals surface area contributed by atoms with E-state index in [1.165, 1.54) is 12.8 Å². The Labute approximate surface area is 118 Å². The van der Waals surface area contributed by atoms with Crippen molar-refractivity contribution in [3.8, 4) is 0 Å². The van der Waals surface area contributed by atoms with Crippen LogP contribution in [0.5, 0.6) is 0 Å². The van der Waals surface area contributed by atoms with Crippen molar-refractivity contribution in [1.82, 2.24) is 15.4 Å². The number of nitrogens with zero attached hydrogens (tertiary/aromatic N) is 2. The third-order valence-electron chi connectivity index (χ3n) is 5.03. The lowest BCUT2D eigenvalue weighted by atomic mass is 9.92. The normalized spacial score (nSPS) is 30.1. The van der Waals surface area contributed by atoms with Gasteiger partial charge in [-0.05, 0) is 50.6 Å². The second-order valence-corrected chi connectivity index (χ2v) is 6.44. The Hall–Kier alpha value is -1.36. The summed E-state index contributed by atoms with van der Waals surface area (Å²) in [5.41, 5.74) is 0.497. The quantitative estimate of drug-likeness (QED) is 0.891. The van der Waals surface area contributed by atoms with Gasteiger partial charge < -0.3 is 14.7 Å². The largest absolute Gasteiger partial charge is 0.360 e. The summed E-state index contributed by atoms with van der Waals surface area (Å²) in [4.78, 5) is 14.5. The van der Waals surface area contributed by atoms with E-state index in [1.54, 1.807) is 0 Å². The number of hydrogen-bond acceptors (Lipinski definition) is 4. The Morgan fingerprint density at radius 2 is 1.90 bits per heavy atom. The number of likely N-dealkylation sites (tertiary alicyclic amines) is 1. The van der Waals surface area contributed by atoms with Gasteiger partial charge in [-0.25, -0.2) is 0 Å². The first kappa shape index (κ1) is 12.4. The van der Waals surface area contributed by atoms with Crippen molar-refractivity contribution in [1.29, 1.82) is 0 Å². The van der Waals surface area contributed by atoms with Gasteiger partial charge >= 0.3 is 0 Å². The predicted octanol–water partition coefficient (Wildman–Crippen LogP) is 1.62. The molecule has 0 spiro atoms. The molecule has 1 aromatic heterocycles. The van der Waals surface area contributed by atoms with E-state index in [0.29, 0.717) is 11.6 Å². The minimum Gasteiger partial charge on any atom is -0.360 e. The summed E-state index contributed by atoms with van der Waals surface area (Å²) in [5.74, 6) is 2.94. The molecule has 4 rings (SSSR count). The number of hydrogen-bond donors (Lipinski definition) is 1. The van der Waals surface area contributed by atoms with Crippen LogP contribution >= 0.6 is 0 Å². The maximum Gasteiger partial charge on any atom is 0.276 e. The van der Waals surface area contributed by atoms with Gasteiger partial charge in [0, 0.05) is 25.1 Å². The Bertz CT molecular complexity index is 495. The van der Waals surface area contributed by atoms with Crippen LogP contribution in [0.3, 0.4) is 0 Å². The van der Waals surface area contributed by atoms with Crippen molar-refractivity contribution >= 4 is 5.91 Å². The molecular weight excluding hydrogens is 254 g/mol. The van der Waals surface area contributed by atoms with Gasteiger partial charge in [-0.2, -0.15) is 0 Å². The second-order valence-electron chi connectivity index (χ2n) is 6.44. The molecule has 2 aliphatic heterocycles. The molecule has 2 atom stereocenters. The fourth-order valence-electron chi connectivity index (χ4n) is 3.53. The average molecular weight is 275 g/mol. The summed E-state index contributed by atoms with van der Waals surface area (Å²) in [6, 6.07) is 1.85. The number of rotatable bonds is 2. The molecule has 1 aromatic rings. The third kappa shape index (κ3) is 2.24. The van der Waals surface area contributed by atoms with Crippen molar-refractivity contribution in [2.24, 2.45) is 11.8 Å². The first-order valence-electron chi connectivity index (χ1n) is 7.78. The number of fused-ring (bicyclic) bond motifs is 1. The topological polar surface area (TPSA) is 58.4 Å². The summed E-state index contributed by atoms with van der Waals surface area (Å²) in [6.07, 6.45) is 4.55. The summed E-state index contributed by atoms with van der Waals surface area (Å²) in [5, 5.41) is 7.44. The minimum absolute atomic E-state index is 0.0496. The average Bonchev–Trinajstić information content (AvgIpc) is 3.09. The molecule has 0 unspecified atom stereocenters. The highest BCUT2D eigenvalue weighted by Crippen LogP contribution is 2.40. The second kappa shape index (κ2) is 4.88. The zero-order valence-electron chi connectivity index (χ0n) is 11.7. The molecule has 1 saturated carbocycles. The Morgan fingerprint density at radius 3 is 2.55 bits per heavy atom. The van der Waals surface area contributed by atoms with E-state index in [2.05, 4.69) is 10.5 Å². The molecule has 3 aliphatic rings. The van der Waals surface area contributed by atoms with Crippen LogP contribution in [0.4, 0.5) is 0 Å². The summed E-state index contributed by atoms with van der Waals surface area (Å²) in [7, 11) is 0. The van der Waals surface area contributed by atoms with Gasteiger partial charge in [-0.1, -0.05) is 5.16 Å². The molecule has 5 heteroatoms. The van der Waals surface area contributed by atoms with Gasteiger partial charge in [0.15, 0.2) is 5.69 Å². The third-order valence-corrected chi connectivity index (χ3v) is 5.03. The maximum absolute atomic E-state index is 12.5. The molecule has 1 aliphatic carbocycles. The standard InChI is InChI=1S/C15H21N3O2/c19-15(13-7-14(20-17-13)10-1-2-10)18-5-3-11-8-16-9-12(11)4-6-18/h7,10-12,16H,1-6,8-9H2/t11-,12+. The van der Waals surface area contributed by atoms with Crippen LogP contribution in [0, 0.1) is 11.8 Å². The highest BCUT2D eigenvalue weighted by Gasteiger charge is 2.33. The molecule has 0 radical (unpaired) electrons. The van der Waals surface area contributed by atoms with E-state index < -0.39 is 0 Å². The number of carbonyl (C=O) groups excluding carboxylic acids is 1. The zero-order chi connectivity index (χ0) is 13.5. The lowest BCUT2D eigenvalue weighted by Gasteiger charge is -2.19. The number of amides is 1. The lowest BCUT2D eigenvalue weighted by molar-refractivity contribution is 0.0748. The smallest absolute Gasteiger partial charge is 0.276 e. The maximum atomic E-state index is 12.5. The number of aromatic nitrogens is 1. The fourth-order valence-corrected chi connectivity index (χ4v) is 3.53. The van der Waals surface area contributed by atoms with Gasteiger partial charge in [0.05, 0.1) is 0 Å². The summed E-state index contributed by atoms with van der Waals surface area (Å²) in [6.45, 7) is 3.94. The molecule has 1 N–H and O–H groups in total. The Kier molecular flexibility index (Phi) is 3.02. The molecule has 0 bridgehead atoms. The van der Waals surface area contributed by atoms with E-state index in [1.807, 2.05) is 11.0 Å².